The number of urea groups is 1. The van der Waals surface area contributed by atoms with Gasteiger partial charge in [-0.05, 0) is 48.9 Å². The van der Waals surface area contributed by atoms with Gasteiger partial charge in [0, 0.05) is 10.7 Å². The summed E-state index contributed by atoms with van der Waals surface area (Å²) in [5, 5.41) is 5.45. The first-order valence-corrected chi connectivity index (χ1v) is 8.23. The van der Waals surface area contributed by atoms with E-state index in [9.17, 15) is 23.2 Å². The Morgan fingerprint density at radius 2 is 1.81 bits per heavy atom. The van der Waals surface area contributed by atoms with Gasteiger partial charge in [-0.1, -0.05) is 17.7 Å². The summed E-state index contributed by atoms with van der Waals surface area (Å²) in [6.45, 7) is 0.823. The molecule has 9 heteroatoms. The number of hydrogen-bond donors (Lipinski definition) is 2. The van der Waals surface area contributed by atoms with Crippen LogP contribution >= 0.6 is 11.6 Å². The molecule has 1 saturated heterocycles. The highest BCUT2D eigenvalue weighted by atomic mass is 35.5. The molecule has 0 aromatic heterocycles. The topological polar surface area (TPSA) is 78.5 Å². The Balaban J connectivity index is 1.76. The quantitative estimate of drug-likeness (QED) is 0.784. The van der Waals surface area contributed by atoms with E-state index in [0.29, 0.717) is 15.6 Å². The van der Waals surface area contributed by atoms with E-state index in [1.54, 1.807) is 24.3 Å². The molecule has 4 amide bonds. The predicted molar refractivity (Wildman–Crippen MR) is 94.0 cm³/mol. The highest BCUT2D eigenvalue weighted by molar-refractivity contribution is 6.30. The third-order valence-corrected chi connectivity index (χ3v) is 4.45. The van der Waals surface area contributed by atoms with Crippen LogP contribution in [0.2, 0.25) is 5.02 Å². The van der Waals surface area contributed by atoms with E-state index in [4.69, 9.17) is 11.6 Å². The first-order valence-electron chi connectivity index (χ1n) is 7.86. The van der Waals surface area contributed by atoms with E-state index in [0.717, 1.165) is 12.1 Å². The first kappa shape index (κ1) is 18.8. The second-order valence-electron chi connectivity index (χ2n) is 6.13. The van der Waals surface area contributed by atoms with Gasteiger partial charge in [0.15, 0.2) is 11.6 Å². The standard InChI is InChI=1S/C18H14ClF2N3O3/c1-18(10-2-7-13(20)14(21)8-10)16(26)24(17(27)23-18)9-15(25)22-12-5-3-11(19)4-6-12/h2-8H,9H2,1H3,(H,22,25)(H,23,27). The second kappa shape index (κ2) is 6.96. The fourth-order valence-corrected chi connectivity index (χ4v) is 2.85. The van der Waals surface area contributed by atoms with E-state index in [-0.39, 0.29) is 5.56 Å². The fraction of sp³-hybridized carbons (Fsp3) is 0.167. The molecule has 0 radical (unpaired) electrons. The SMILES string of the molecule is CC1(c2ccc(F)c(F)c2)NC(=O)N(CC(=O)Nc2ccc(Cl)cc2)C1=O. The lowest BCUT2D eigenvalue weighted by Crippen LogP contribution is -2.42. The summed E-state index contributed by atoms with van der Waals surface area (Å²) in [4.78, 5) is 37.8. The Bertz CT molecular complexity index is 936. The van der Waals surface area contributed by atoms with E-state index in [1.165, 1.54) is 13.0 Å². The van der Waals surface area contributed by atoms with Crippen molar-refractivity contribution < 1.29 is 23.2 Å². The molecular formula is C18H14ClF2N3O3. The lowest BCUT2D eigenvalue weighted by molar-refractivity contribution is -0.133. The van der Waals surface area contributed by atoms with Crippen LogP contribution in [0.5, 0.6) is 0 Å². The molecule has 2 aromatic carbocycles. The molecule has 0 aliphatic carbocycles. The smallest absolute Gasteiger partial charge is 0.325 e. The highest BCUT2D eigenvalue weighted by Crippen LogP contribution is 2.29. The van der Waals surface area contributed by atoms with Gasteiger partial charge in [-0.2, -0.15) is 0 Å². The van der Waals surface area contributed by atoms with Crippen molar-refractivity contribution in [2.24, 2.45) is 0 Å². The number of anilines is 1. The Morgan fingerprint density at radius 3 is 2.44 bits per heavy atom. The lowest BCUT2D eigenvalue weighted by Gasteiger charge is -2.22. The van der Waals surface area contributed by atoms with E-state index >= 15 is 0 Å². The van der Waals surface area contributed by atoms with Crippen molar-refractivity contribution in [3.05, 3.63) is 64.7 Å². The van der Waals surface area contributed by atoms with Crippen molar-refractivity contribution in [2.75, 3.05) is 11.9 Å². The van der Waals surface area contributed by atoms with E-state index < -0.39 is 41.6 Å². The van der Waals surface area contributed by atoms with Crippen LogP contribution in [0.1, 0.15) is 12.5 Å². The number of amides is 4. The number of benzene rings is 2. The monoisotopic (exact) mass is 393 g/mol. The summed E-state index contributed by atoms with van der Waals surface area (Å²) in [5.74, 6) is -3.56. The van der Waals surface area contributed by atoms with Crippen LogP contribution in [0.15, 0.2) is 42.5 Å². The Kier molecular flexibility index (Phi) is 4.84. The summed E-state index contributed by atoms with van der Waals surface area (Å²) < 4.78 is 26.7. The van der Waals surface area contributed by atoms with Crippen molar-refractivity contribution >= 4 is 35.1 Å². The molecule has 1 atom stereocenters. The third-order valence-electron chi connectivity index (χ3n) is 4.20. The van der Waals surface area contributed by atoms with Crippen LogP contribution < -0.4 is 10.6 Å². The number of nitrogens with zero attached hydrogens (tertiary/aromatic N) is 1. The minimum atomic E-state index is -1.60. The zero-order chi connectivity index (χ0) is 19.8. The van der Waals surface area contributed by atoms with Crippen LogP contribution in [0, 0.1) is 11.6 Å². The van der Waals surface area contributed by atoms with Gasteiger partial charge in [0.05, 0.1) is 0 Å². The highest BCUT2D eigenvalue weighted by Gasteiger charge is 2.49. The average Bonchev–Trinajstić information content (AvgIpc) is 2.83. The maximum absolute atomic E-state index is 13.5. The Hall–Kier alpha value is -3.00. The number of carbonyl (C=O) groups is 3. The largest absolute Gasteiger partial charge is 0.325 e. The molecule has 1 aliphatic rings. The molecule has 1 heterocycles. The van der Waals surface area contributed by atoms with Gasteiger partial charge in [-0.25, -0.2) is 13.6 Å². The van der Waals surface area contributed by atoms with Crippen LogP contribution in [-0.2, 0) is 15.1 Å². The van der Waals surface area contributed by atoms with Gasteiger partial charge in [0.1, 0.15) is 12.1 Å². The van der Waals surface area contributed by atoms with Crippen molar-refractivity contribution in [2.45, 2.75) is 12.5 Å². The van der Waals surface area contributed by atoms with Gasteiger partial charge in [-0.15, -0.1) is 0 Å². The molecule has 140 valence electrons. The summed E-state index contributed by atoms with van der Waals surface area (Å²) in [7, 11) is 0. The Morgan fingerprint density at radius 1 is 1.15 bits per heavy atom. The van der Waals surface area contributed by atoms with E-state index in [2.05, 4.69) is 10.6 Å². The summed E-state index contributed by atoms with van der Waals surface area (Å²) in [6.07, 6.45) is 0. The number of carbonyl (C=O) groups excluding carboxylic acids is 3. The molecule has 0 bridgehead atoms. The molecule has 1 unspecified atom stereocenters. The number of imide groups is 1. The second-order valence-corrected chi connectivity index (χ2v) is 6.57. The minimum absolute atomic E-state index is 0.0698. The fourth-order valence-electron chi connectivity index (χ4n) is 2.72. The van der Waals surface area contributed by atoms with Gasteiger partial charge >= 0.3 is 6.03 Å². The molecule has 0 saturated carbocycles. The molecule has 6 nitrogen and oxygen atoms in total. The van der Waals surface area contributed by atoms with Crippen molar-refractivity contribution in [3.63, 3.8) is 0 Å². The first-order chi connectivity index (χ1) is 12.7. The number of nitrogens with one attached hydrogen (secondary N) is 2. The molecule has 1 aliphatic heterocycles. The van der Waals surface area contributed by atoms with Gasteiger partial charge < -0.3 is 10.6 Å². The average molecular weight is 394 g/mol. The van der Waals surface area contributed by atoms with Crippen molar-refractivity contribution in [1.29, 1.82) is 0 Å². The summed E-state index contributed by atoms with van der Waals surface area (Å²) >= 11 is 5.77. The lowest BCUT2D eigenvalue weighted by atomic mass is 9.92. The molecule has 1 fully saturated rings. The van der Waals surface area contributed by atoms with Gasteiger partial charge in [-0.3, -0.25) is 14.5 Å². The third kappa shape index (κ3) is 3.61. The maximum atomic E-state index is 13.5. The summed E-state index contributed by atoms with van der Waals surface area (Å²) in [5.41, 5.74) is -1.09. The van der Waals surface area contributed by atoms with Crippen LogP contribution in [0.25, 0.3) is 0 Å². The molecule has 0 spiro atoms. The molecule has 2 N–H and O–H groups in total. The van der Waals surface area contributed by atoms with E-state index in [1.807, 2.05) is 0 Å². The Labute approximate surface area is 158 Å². The van der Waals surface area contributed by atoms with Gasteiger partial charge in [0.2, 0.25) is 5.91 Å². The molecule has 2 aromatic rings. The number of halogens is 3. The van der Waals surface area contributed by atoms with Gasteiger partial charge in [0.25, 0.3) is 5.91 Å². The van der Waals surface area contributed by atoms with Crippen LogP contribution in [0.3, 0.4) is 0 Å². The molecule has 3 rings (SSSR count). The zero-order valence-electron chi connectivity index (χ0n) is 14.1. The van der Waals surface area contributed by atoms with Crippen LogP contribution in [0.4, 0.5) is 19.3 Å². The number of rotatable bonds is 4. The maximum Gasteiger partial charge on any atom is 0.325 e. The number of hydrogen-bond acceptors (Lipinski definition) is 3. The van der Waals surface area contributed by atoms with Crippen molar-refractivity contribution in [3.8, 4) is 0 Å². The summed E-state index contributed by atoms with van der Waals surface area (Å²) in [6, 6.07) is 8.38. The van der Waals surface area contributed by atoms with Crippen molar-refractivity contribution in [1.82, 2.24) is 10.2 Å². The molecular weight excluding hydrogens is 380 g/mol. The minimum Gasteiger partial charge on any atom is -0.325 e. The normalized spacial score (nSPS) is 19.2. The zero-order valence-corrected chi connectivity index (χ0v) is 14.8. The van der Waals surface area contributed by atoms with Crippen LogP contribution in [-0.4, -0.2) is 29.3 Å². The molecule has 27 heavy (non-hydrogen) atoms. The predicted octanol–water partition coefficient (Wildman–Crippen LogP) is 3.02.